The summed E-state index contributed by atoms with van der Waals surface area (Å²) in [5.41, 5.74) is 0. The maximum Gasteiger partial charge on any atom is 0.0466 e. The lowest BCUT2D eigenvalue weighted by Gasteiger charge is -2.32. The van der Waals surface area contributed by atoms with Crippen LogP contribution in [-0.4, -0.2) is 18.6 Å². The molecule has 3 unspecified atom stereocenters. The first-order chi connectivity index (χ1) is 7.27. The monoisotopic (exact) mass is 232 g/mol. The highest BCUT2D eigenvalue weighted by Crippen LogP contribution is 2.36. The zero-order valence-corrected chi connectivity index (χ0v) is 10.9. The van der Waals surface area contributed by atoms with Gasteiger partial charge in [-0.1, -0.05) is 13.3 Å². The number of hydrogen-bond acceptors (Lipinski definition) is 1. The van der Waals surface area contributed by atoms with Crippen LogP contribution in [0.25, 0.3) is 0 Å². The fourth-order valence-corrected chi connectivity index (χ4v) is 2.94. The van der Waals surface area contributed by atoms with E-state index in [1.807, 2.05) is 0 Å². The fraction of sp³-hybridized carbons (Fsp3) is 1.00. The van der Waals surface area contributed by atoms with Gasteiger partial charge >= 0.3 is 0 Å². The lowest BCUT2D eigenvalue weighted by atomic mass is 9.78. The molecule has 3 atom stereocenters. The molecule has 15 heavy (non-hydrogen) atoms. The van der Waals surface area contributed by atoms with Crippen LogP contribution in [0.5, 0.6) is 0 Å². The maximum absolute atomic E-state index is 6.38. The highest BCUT2D eigenvalue weighted by atomic mass is 35.5. The van der Waals surface area contributed by atoms with Crippen molar-refractivity contribution in [3.63, 3.8) is 0 Å². The minimum Gasteiger partial charge on any atom is -0.382 e. The summed E-state index contributed by atoms with van der Waals surface area (Å²) in [6, 6.07) is 0. The molecule has 0 bridgehead atoms. The Morgan fingerprint density at radius 2 is 2.07 bits per heavy atom. The molecule has 1 rings (SSSR count). The summed E-state index contributed by atoms with van der Waals surface area (Å²) in [4.78, 5) is 0. The van der Waals surface area contributed by atoms with Crippen molar-refractivity contribution < 1.29 is 4.74 Å². The summed E-state index contributed by atoms with van der Waals surface area (Å²) >= 11 is 6.38. The molecule has 90 valence electrons. The van der Waals surface area contributed by atoms with Gasteiger partial charge in [-0.2, -0.15) is 0 Å². The molecule has 1 aliphatic rings. The average Bonchev–Trinajstić information content (AvgIpc) is 2.26. The normalized spacial score (nSPS) is 31.8. The molecule has 1 saturated carbocycles. The second kappa shape index (κ2) is 7.51. The SMILES string of the molecule is CCOCCCC1CC(CC)CCC1Cl. The molecule has 1 nitrogen and oxygen atoms in total. The standard InChI is InChI=1S/C13H25ClO/c1-3-11-7-8-13(14)12(10-11)6-5-9-15-4-2/h11-13H,3-10H2,1-2H3. The van der Waals surface area contributed by atoms with Gasteiger partial charge in [0, 0.05) is 18.6 Å². The van der Waals surface area contributed by atoms with Crippen LogP contribution < -0.4 is 0 Å². The van der Waals surface area contributed by atoms with E-state index < -0.39 is 0 Å². The van der Waals surface area contributed by atoms with Crippen LogP contribution in [0.3, 0.4) is 0 Å². The van der Waals surface area contributed by atoms with Crippen molar-refractivity contribution in [2.75, 3.05) is 13.2 Å². The Labute approximate surface area is 99.5 Å². The molecule has 2 heteroatoms. The lowest BCUT2D eigenvalue weighted by Crippen LogP contribution is -2.25. The van der Waals surface area contributed by atoms with Gasteiger partial charge in [-0.25, -0.2) is 0 Å². The number of hydrogen-bond donors (Lipinski definition) is 0. The first-order valence-electron chi connectivity index (χ1n) is 6.49. The Morgan fingerprint density at radius 3 is 2.73 bits per heavy atom. The predicted molar refractivity (Wildman–Crippen MR) is 66.5 cm³/mol. The summed E-state index contributed by atoms with van der Waals surface area (Å²) < 4.78 is 5.37. The van der Waals surface area contributed by atoms with Crippen molar-refractivity contribution in [3.8, 4) is 0 Å². The molecule has 0 aromatic heterocycles. The van der Waals surface area contributed by atoms with Gasteiger partial charge in [-0.3, -0.25) is 0 Å². The molecule has 0 aromatic rings. The molecule has 0 saturated heterocycles. The van der Waals surface area contributed by atoms with E-state index in [9.17, 15) is 0 Å². The van der Waals surface area contributed by atoms with Crippen LogP contribution in [0.1, 0.15) is 52.4 Å². The van der Waals surface area contributed by atoms with Gasteiger partial charge in [0.05, 0.1) is 0 Å². The molecule has 0 aliphatic heterocycles. The fourth-order valence-electron chi connectivity index (χ4n) is 2.59. The molecule has 0 heterocycles. The van der Waals surface area contributed by atoms with Crippen molar-refractivity contribution in [2.24, 2.45) is 11.8 Å². The molecule has 1 aliphatic carbocycles. The van der Waals surface area contributed by atoms with Gasteiger partial charge in [-0.15, -0.1) is 11.6 Å². The quantitative estimate of drug-likeness (QED) is 0.492. The topological polar surface area (TPSA) is 9.23 Å². The molecular formula is C13H25ClO. The summed E-state index contributed by atoms with van der Waals surface area (Å²) in [7, 11) is 0. The van der Waals surface area contributed by atoms with E-state index in [0.717, 1.165) is 25.0 Å². The molecule has 0 radical (unpaired) electrons. The third-order valence-electron chi connectivity index (χ3n) is 3.64. The van der Waals surface area contributed by atoms with Crippen molar-refractivity contribution in [3.05, 3.63) is 0 Å². The second-order valence-corrected chi connectivity index (χ2v) is 5.26. The first kappa shape index (κ1) is 13.3. The largest absolute Gasteiger partial charge is 0.382 e. The zero-order valence-electron chi connectivity index (χ0n) is 10.2. The van der Waals surface area contributed by atoms with Gasteiger partial charge < -0.3 is 4.74 Å². The van der Waals surface area contributed by atoms with Crippen LogP contribution in [0.4, 0.5) is 0 Å². The molecule has 1 fully saturated rings. The van der Waals surface area contributed by atoms with Crippen LogP contribution in [0.2, 0.25) is 0 Å². The second-order valence-electron chi connectivity index (χ2n) is 4.70. The molecule has 0 spiro atoms. The van der Waals surface area contributed by atoms with Crippen molar-refractivity contribution in [1.82, 2.24) is 0 Å². The van der Waals surface area contributed by atoms with Gasteiger partial charge in [-0.05, 0) is 50.9 Å². The highest BCUT2D eigenvalue weighted by molar-refractivity contribution is 6.20. The molecule has 0 N–H and O–H groups in total. The van der Waals surface area contributed by atoms with Crippen molar-refractivity contribution in [1.29, 1.82) is 0 Å². The van der Waals surface area contributed by atoms with E-state index in [1.54, 1.807) is 0 Å². The Balaban J connectivity index is 2.19. The number of alkyl halides is 1. The van der Waals surface area contributed by atoms with Gasteiger partial charge in [0.1, 0.15) is 0 Å². The van der Waals surface area contributed by atoms with Crippen molar-refractivity contribution in [2.45, 2.75) is 57.7 Å². The van der Waals surface area contributed by atoms with Crippen LogP contribution in [0.15, 0.2) is 0 Å². The number of ether oxygens (including phenoxy) is 1. The Morgan fingerprint density at radius 1 is 1.27 bits per heavy atom. The van der Waals surface area contributed by atoms with Crippen LogP contribution >= 0.6 is 11.6 Å². The highest BCUT2D eigenvalue weighted by Gasteiger charge is 2.27. The van der Waals surface area contributed by atoms with Crippen molar-refractivity contribution >= 4 is 11.6 Å². The zero-order chi connectivity index (χ0) is 11.1. The Hall–Kier alpha value is 0.250. The molecule has 0 amide bonds. The average molecular weight is 233 g/mol. The minimum atomic E-state index is 0.425. The number of halogens is 1. The van der Waals surface area contributed by atoms with Gasteiger partial charge in [0.2, 0.25) is 0 Å². The smallest absolute Gasteiger partial charge is 0.0466 e. The van der Waals surface area contributed by atoms with Gasteiger partial charge in [0.25, 0.3) is 0 Å². The summed E-state index contributed by atoms with van der Waals surface area (Å²) in [6.07, 6.45) is 7.66. The van der Waals surface area contributed by atoms with Crippen LogP contribution in [-0.2, 0) is 4.74 Å². The summed E-state index contributed by atoms with van der Waals surface area (Å²) in [6.45, 7) is 6.11. The molecule has 0 aromatic carbocycles. The van der Waals surface area contributed by atoms with E-state index in [4.69, 9.17) is 16.3 Å². The van der Waals surface area contributed by atoms with E-state index in [1.165, 1.54) is 38.5 Å². The number of rotatable bonds is 6. The third-order valence-corrected chi connectivity index (χ3v) is 4.22. The van der Waals surface area contributed by atoms with E-state index in [-0.39, 0.29) is 0 Å². The lowest BCUT2D eigenvalue weighted by molar-refractivity contribution is 0.134. The van der Waals surface area contributed by atoms with E-state index in [2.05, 4.69) is 13.8 Å². The third kappa shape index (κ3) is 4.74. The summed E-state index contributed by atoms with van der Waals surface area (Å²) in [5, 5.41) is 0.425. The Bertz CT molecular complexity index is 161. The summed E-state index contributed by atoms with van der Waals surface area (Å²) in [5.74, 6) is 1.67. The maximum atomic E-state index is 6.38. The van der Waals surface area contributed by atoms with E-state index in [0.29, 0.717) is 5.38 Å². The van der Waals surface area contributed by atoms with Gasteiger partial charge in [0.15, 0.2) is 0 Å². The Kier molecular flexibility index (Phi) is 6.67. The minimum absolute atomic E-state index is 0.425. The van der Waals surface area contributed by atoms with Crippen LogP contribution in [0, 0.1) is 11.8 Å². The van der Waals surface area contributed by atoms with E-state index >= 15 is 0 Å². The molecular weight excluding hydrogens is 208 g/mol. The predicted octanol–water partition coefficient (Wildman–Crippen LogP) is 4.24. The first-order valence-corrected chi connectivity index (χ1v) is 6.93.